The van der Waals surface area contributed by atoms with Gasteiger partial charge in [-0.3, -0.25) is 0 Å². The van der Waals surface area contributed by atoms with Crippen LogP contribution in [0.1, 0.15) is 18.5 Å². The molecule has 2 aromatic rings. The van der Waals surface area contributed by atoms with Crippen LogP contribution < -0.4 is 10.6 Å². The lowest BCUT2D eigenvalue weighted by atomic mass is 9.95. The van der Waals surface area contributed by atoms with Gasteiger partial charge in [-0.05, 0) is 36.8 Å². The highest BCUT2D eigenvalue weighted by Crippen LogP contribution is 2.31. The van der Waals surface area contributed by atoms with E-state index in [0.29, 0.717) is 10.1 Å². The first-order valence-corrected chi connectivity index (χ1v) is 8.56. The standard InChI is InChI=1S/C19H19N3S2/c1-13-16(18(23)20-15-11-7-4-8-12-15)17(21-19(24)22(13)2)14-9-5-3-6-10-14/h3-12,17H,1-2H3,(H,20,23)(H,21,24)/t17-/m0/s1. The monoisotopic (exact) mass is 353 g/mol. The van der Waals surface area contributed by atoms with E-state index in [-0.39, 0.29) is 6.04 Å². The van der Waals surface area contributed by atoms with Gasteiger partial charge in [0.05, 0.1) is 6.04 Å². The third-order valence-corrected chi connectivity index (χ3v) is 4.88. The van der Waals surface area contributed by atoms with Crippen molar-refractivity contribution in [1.82, 2.24) is 10.2 Å². The minimum atomic E-state index is -0.0568. The number of anilines is 1. The van der Waals surface area contributed by atoms with E-state index in [1.165, 1.54) is 0 Å². The molecule has 2 N–H and O–H groups in total. The number of benzene rings is 2. The van der Waals surface area contributed by atoms with Crippen LogP contribution in [-0.4, -0.2) is 22.0 Å². The number of para-hydroxylation sites is 1. The van der Waals surface area contributed by atoms with E-state index >= 15 is 0 Å². The molecule has 3 nitrogen and oxygen atoms in total. The Morgan fingerprint density at radius 1 is 1.04 bits per heavy atom. The van der Waals surface area contributed by atoms with Gasteiger partial charge in [0, 0.05) is 24.0 Å². The Labute approximate surface area is 153 Å². The summed E-state index contributed by atoms with van der Waals surface area (Å²) in [4.78, 5) is 2.66. The molecule has 1 atom stereocenters. The van der Waals surface area contributed by atoms with E-state index in [9.17, 15) is 0 Å². The van der Waals surface area contributed by atoms with Crippen molar-refractivity contribution in [2.45, 2.75) is 13.0 Å². The molecular weight excluding hydrogens is 334 g/mol. The smallest absolute Gasteiger partial charge is 0.173 e. The van der Waals surface area contributed by atoms with E-state index in [2.05, 4.69) is 29.7 Å². The van der Waals surface area contributed by atoms with Crippen molar-refractivity contribution in [1.29, 1.82) is 0 Å². The molecule has 0 amide bonds. The second-order valence-electron chi connectivity index (χ2n) is 5.67. The summed E-state index contributed by atoms with van der Waals surface area (Å²) >= 11 is 11.2. The van der Waals surface area contributed by atoms with Crippen molar-refractivity contribution < 1.29 is 0 Å². The Morgan fingerprint density at radius 3 is 2.25 bits per heavy atom. The molecule has 0 radical (unpaired) electrons. The first kappa shape index (κ1) is 16.6. The zero-order chi connectivity index (χ0) is 17.1. The molecule has 0 spiro atoms. The quantitative estimate of drug-likeness (QED) is 0.804. The molecule has 24 heavy (non-hydrogen) atoms. The summed E-state index contributed by atoms with van der Waals surface area (Å²) in [6, 6.07) is 20.1. The topological polar surface area (TPSA) is 27.3 Å². The molecule has 1 heterocycles. The molecule has 0 aromatic heterocycles. The second-order valence-corrected chi connectivity index (χ2v) is 6.47. The van der Waals surface area contributed by atoms with Crippen LogP contribution in [0.25, 0.3) is 0 Å². The summed E-state index contributed by atoms with van der Waals surface area (Å²) in [5.74, 6) is 0. The van der Waals surface area contributed by atoms with Crippen molar-refractivity contribution in [2.24, 2.45) is 0 Å². The van der Waals surface area contributed by atoms with Crippen LogP contribution in [0.15, 0.2) is 71.9 Å². The lowest BCUT2D eigenvalue weighted by molar-refractivity contribution is 0.541. The van der Waals surface area contributed by atoms with Gasteiger partial charge in [-0.25, -0.2) is 0 Å². The van der Waals surface area contributed by atoms with Gasteiger partial charge in [0.15, 0.2) is 5.11 Å². The van der Waals surface area contributed by atoms with Crippen molar-refractivity contribution in [3.05, 3.63) is 77.5 Å². The Kier molecular flexibility index (Phi) is 4.92. The van der Waals surface area contributed by atoms with Gasteiger partial charge in [-0.1, -0.05) is 60.7 Å². The number of allylic oxidation sites excluding steroid dienone is 1. The molecule has 3 rings (SSSR count). The van der Waals surface area contributed by atoms with E-state index < -0.39 is 0 Å². The maximum Gasteiger partial charge on any atom is 0.173 e. The van der Waals surface area contributed by atoms with Crippen LogP contribution in [-0.2, 0) is 0 Å². The molecule has 1 aliphatic heterocycles. The normalized spacial score (nSPS) is 17.5. The van der Waals surface area contributed by atoms with Crippen LogP contribution in [0.5, 0.6) is 0 Å². The van der Waals surface area contributed by atoms with Gasteiger partial charge >= 0.3 is 0 Å². The SMILES string of the molecule is CC1=C(C(=S)Nc2ccccc2)[C@H](c2ccccc2)NC(=S)N1C. The lowest BCUT2D eigenvalue weighted by Crippen LogP contribution is -2.46. The van der Waals surface area contributed by atoms with E-state index in [1.807, 2.05) is 60.5 Å². The van der Waals surface area contributed by atoms with Crippen molar-refractivity contribution in [2.75, 3.05) is 12.4 Å². The Hall–Kier alpha value is -2.24. The van der Waals surface area contributed by atoms with Gasteiger partial charge in [0.2, 0.25) is 0 Å². The van der Waals surface area contributed by atoms with Crippen molar-refractivity contribution in [3.8, 4) is 0 Å². The maximum absolute atomic E-state index is 5.72. The molecule has 0 bridgehead atoms. The molecule has 0 fully saturated rings. The van der Waals surface area contributed by atoms with Gasteiger partial charge < -0.3 is 15.5 Å². The third-order valence-electron chi connectivity index (χ3n) is 4.16. The van der Waals surface area contributed by atoms with Gasteiger partial charge in [-0.2, -0.15) is 0 Å². The van der Waals surface area contributed by atoms with Gasteiger partial charge in [-0.15, -0.1) is 0 Å². The number of nitrogens with one attached hydrogen (secondary N) is 2. The number of nitrogens with zero attached hydrogens (tertiary/aromatic N) is 1. The van der Waals surface area contributed by atoms with E-state index in [1.54, 1.807) is 0 Å². The molecule has 0 saturated carbocycles. The third kappa shape index (κ3) is 3.32. The van der Waals surface area contributed by atoms with Gasteiger partial charge in [0.25, 0.3) is 0 Å². The second kappa shape index (κ2) is 7.11. The molecule has 2 aromatic carbocycles. The van der Waals surface area contributed by atoms with Crippen molar-refractivity contribution >= 4 is 40.2 Å². The molecule has 122 valence electrons. The fourth-order valence-electron chi connectivity index (χ4n) is 2.75. The highest BCUT2D eigenvalue weighted by atomic mass is 32.1. The summed E-state index contributed by atoms with van der Waals surface area (Å²) in [6.45, 7) is 2.05. The number of thiocarbonyl (C=S) groups is 2. The highest BCUT2D eigenvalue weighted by molar-refractivity contribution is 7.81. The highest BCUT2D eigenvalue weighted by Gasteiger charge is 2.30. The summed E-state index contributed by atoms with van der Waals surface area (Å²) in [5.41, 5.74) is 4.21. The van der Waals surface area contributed by atoms with Crippen LogP contribution in [0.3, 0.4) is 0 Å². The first-order valence-electron chi connectivity index (χ1n) is 7.74. The molecule has 0 unspecified atom stereocenters. The Bertz CT molecular complexity index is 785. The predicted molar refractivity (Wildman–Crippen MR) is 108 cm³/mol. The zero-order valence-corrected chi connectivity index (χ0v) is 15.2. The molecule has 5 heteroatoms. The zero-order valence-electron chi connectivity index (χ0n) is 13.6. The van der Waals surface area contributed by atoms with E-state index in [0.717, 1.165) is 22.5 Å². The number of hydrogen-bond donors (Lipinski definition) is 2. The van der Waals surface area contributed by atoms with Crippen LogP contribution in [0.2, 0.25) is 0 Å². The fourth-order valence-corrected chi connectivity index (χ4v) is 3.38. The molecule has 1 aliphatic rings. The molecular formula is C19H19N3S2. The number of rotatable bonds is 3. The lowest BCUT2D eigenvalue weighted by Gasteiger charge is -2.36. The Balaban J connectivity index is 1.99. The van der Waals surface area contributed by atoms with Crippen molar-refractivity contribution in [3.63, 3.8) is 0 Å². The Morgan fingerprint density at radius 2 is 1.62 bits per heavy atom. The first-order chi connectivity index (χ1) is 11.6. The van der Waals surface area contributed by atoms with Crippen LogP contribution >= 0.6 is 24.4 Å². The summed E-state index contributed by atoms with van der Waals surface area (Å²) < 4.78 is 0. The van der Waals surface area contributed by atoms with Gasteiger partial charge in [0.1, 0.15) is 4.99 Å². The summed E-state index contributed by atoms with van der Waals surface area (Å²) in [7, 11) is 1.96. The minimum absolute atomic E-state index is 0.0568. The van der Waals surface area contributed by atoms with Crippen LogP contribution in [0, 0.1) is 0 Å². The summed E-state index contributed by atoms with van der Waals surface area (Å²) in [6.07, 6.45) is 0. The maximum atomic E-state index is 5.72. The largest absolute Gasteiger partial charge is 0.351 e. The van der Waals surface area contributed by atoms with E-state index in [4.69, 9.17) is 24.4 Å². The minimum Gasteiger partial charge on any atom is -0.351 e. The fraction of sp³-hybridized carbons (Fsp3) is 0.158. The number of hydrogen-bond acceptors (Lipinski definition) is 2. The molecule has 0 saturated heterocycles. The average molecular weight is 354 g/mol. The predicted octanol–water partition coefficient (Wildman–Crippen LogP) is 4.26. The van der Waals surface area contributed by atoms with Crippen LogP contribution in [0.4, 0.5) is 5.69 Å². The summed E-state index contributed by atoms with van der Waals surface area (Å²) in [5, 5.41) is 7.44. The molecule has 0 aliphatic carbocycles. The average Bonchev–Trinajstić information content (AvgIpc) is 2.61.